The molecular formula is C8H4N4. The van der Waals surface area contributed by atoms with E-state index in [4.69, 9.17) is 21.0 Å². The van der Waals surface area contributed by atoms with Gasteiger partial charge in [0.15, 0.2) is 0 Å². The first-order chi connectivity index (χ1) is 5.78. The monoisotopic (exact) mass is 156 g/mol. The summed E-state index contributed by atoms with van der Waals surface area (Å²) in [6.45, 7) is 0. The molecule has 0 heterocycles. The predicted molar refractivity (Wildman–Crippen MR) is 38.6 cm³/mol. The zero-order valence-electron chi connectivity index (χ0n) is 6.15. The molecule has 0 aromatic carbocycles. The van der Waals surface area contributed by atoms with Crippen LogP contribution in [0.3, 0.4) is 0 Å². The smallest absolute Gasteiger partial charge is 0.138 e. The van der Waals surface area contributed by atoms with Crippen molar-refractivity contribution in [2.75, 3.05) is 0 Å². The van der Waals surface area contributed by atoms with Gasteiger partial charge in [-0.25, -0.2) is 0 Å². The first kappa shape index (κ1) is 9.70. The van der Waals surface area contributed by atoms with E-state index in [2.05, 4.69) is 0 Å². The Labute approximate surface area is 70.2 Å². The van der Waals surface area contributed by atoms with Crippen LogP contribution in [0.5, 0.6) is 0 Å². The Hall–Kier alpha value is -2.30. The molecule has 0 aliphatic heterocycles. The van der Waals surface area contributed by atoms with Gasteiger partial charge >= 0.3 is 0 Å². The quantitative estimate of drug-likeness (QED) is 0.557. The summed E-state index contributed by atoms with van der Waals surface area (Å²) in [5.74, 6) is -0.843. The van der Waals surface area contributed by atoms with Crippen LogP contribution >= 0.6 is 0 Å². The van der Waals surface area contributed by atoms with Gasteiger partial charge in [0.2, 0.25) is 0 Å². The van der Waals surface area contributed by atoms with Crippen molar-refractivity contribution in [3.8, 4) is 24.3 Å². The third kappa shape index (κ3) is 3.02. The Bertz CT molecular complexity index is 325. The molecule has 0 radical (unpaired) electrons. The molecule has 0 rings (SSSR count). The molecule has 0 fully saturated rings. The lowest BCUT2D eigenvalue weighted by atomic mass is 10.0. The Morgan fingerprint density at radius 1 is 1.17 bits per heavy atom. The molecule has 0 atom stereocenters. The average Bonchev–Trinajstić information content (AvgIpc) is 2.12. The summed E-state index contributed by atoms with van der Waals surface area (Å²) in [7, 11) is 0. The fourth-order valence-electron chi connectivity index (χ4n) is 0.555. The summed E-state index contributed by atoms with van der Waals surface area (Å²) in [5.41, 5.74) is 0.158. The van der Waals surface area contributed by atoms with Gasteiger partial charge in [-0.05, 0) is 0 Å². The maximum absolute atomic E-state index is 8.41. The SMILES string of the molecule is N#CC=C(C#N)CC(C#N)C#N. The highest BCUT2D eigenvalue weighted by atomic mass is 14.3. The topological polar surface area (TPSA) is 95.2 Å². The highest BCUT2D eigenvalue weighted by Gasteiger charge is 2.07. The van der Waals surface area contributed by atoms with E-state index in [0.717, 1.165) is 6.08 Å². The van der Waals surface area contributed by atoms with Gasteiger partial charge in [-0.3, -0.25) is 0 Å². The van der Waals surface area contributed by atoms with Crippen molar-refractivity contribution in [1.29, 1.82) is 21.0 Å². The van der Waals surface area contributed by atoms with E-state index < -0.39 is 5.92 Å². The minimum atomic E-state index is -0.843. The first-order valence-electron chi connectivity index (χ1n) is 3.06. The van der Waals surface area contributed by atoms with Crippen LogP contribution in [-0.4, -0.2) is 0 Å². The fourth-order valence-corrected chi connectivity index (χ4v) is 0.555. The molecule has 0 aliphatic carbocycles. The van der Waals surface area contributed by atoms with Gasteiger partial charge in [-0.15, -0.1) is 0 Å². The molecule has 0 aliphatic rings. The average molecular weight is 156 g/mol. The van der Waals surface area contributed by atoms with Crippen molar-refractivity contribution in [1.82, 2.24) is 0 Å². The molecule has 0 amide bonds. The van der Waals surface area contributed by atoms with Gasteiger partial charge in [0.1, 0.15) is 5.92 Å². The summed E-state index contributed by atoms with van der Waals surface area (Å²) in [6.07, 6.45) is 1.07. The van der Waals surface area contributed by atoms with Gasteiger partial charge in [0.25, 0.3) is 0 Å². The molecule has 0 saturated heterocycles. The second kappa shape index (κ2) is 5.48. The largest absolute Gasteiger partial charge is 0.197 e. The number of rotatable bonds is 2. The van der Waals surface area contributed by atoms with E-state index in [9.17, 15) is 0 Å². The number of hydrogen-bond acceptors (Lipinski definition) is 4. The molecule has 0 saturated carbocycles. The lowest BCUT2D eigenvalue weighted by Gasteiger charge is -1.93. The molecule has 4 nitrogen and oxygen atoms in total. The summed E-state index contributed by atoms with van der Waals surface area (Å²) in [6, 6.07) is 6.83. The van der Waals surface area contributed by atoms with Crippen molar-refractivity contribution in [2.24, 2.45) is 5.92 Å². The zero-order chi connectivity index (χ0) is 9.40. The van der Waals surface area contributed by atoms with E-state index in [-0.39, 0.29) is 12.0 Å². The number of nitrogens with zero attached hydrogens (tertiary/aromatic N) is 4. The van der Waals surface area contributed by atoms with Gasteiger partial charge in [-0.2, -0.15) is 21.0 Å². The first-order valence-corrected chi connectivity index (χ1v) is 3.06. The van der Waals surface area contributed by atoms with Crippen LogP contribution in [0.4, 0.5) is 0 Å². The molecule has 12 heavy (non-hydrogen) atoms. The lowest BCUT2D eigenvalue weighted by molar-refractivity contribution is 0.840. The Morgan fingerprint density at radius 3 is 2.08 bits per heavy atom. The van der Waals surface area contributed by atoms with Crippen LogP contribution in [0, 0.1) is 51.2 Å². The third-order valence-corrected chi connectivity index (χ3v) is 1.12. The molecule has 4 heteroatoms. The molecular weight excluding hydrogens is 152 g/mol. The Kier molecular flexibility index (Phi) is 4.43. The van der Waals surface area contributed by atoms with Crippen LogP contribution in [0.1, 0.15) is 6.42 Å². The number of hydrogen-bond donors (Lipinski definition) is 0. The second-order valence-corrected chi connectivity index (χ2v) is 1.93. The van der Waals surface area contributed by atoms with Gasteiger partial charge in [-0.1, -0.05) is 0 Å². The van der Waals surface area contributed by atoms with Crippen molar-refractivity contribution < 1.29 is 0 Å². The molecule has 0 spiro atoms. The zero-order valence-corrected chi connectivity index (χ0v) is 6.15. The van der Waals surface area contributed by atoms with Crippen LogP contribution in [0.25, 0.3) is 0 Å². The molecule has 0 N–H and O–H groups in total. The summed E-state index contributed by atoms with van der Waals surface area (Å²) in [5, 5.41) is 33.3. The molecule has 0 unspecified atom stereocenters. The normalized spacial score (nSPS) is 9.25. The van der Waals surface area contributed by atoms with Crippen molar-refractivity contribution in [3.05, 3.63) is 11.6 Å². The maximum Gasteiger partial charge on any atom is 0.138 e. The summed E-state index contributed by atoms with van der Waals surface area (Å²) < 4.78 is 0. The van der Waals surface area contributed by atoms with Crippen molar-refractivity contribution in [2.45, 2.75) is 6.42 Å². The van der Waals surface area contributed by atoms with Crippen molar-refractivity contribution in [3.63, 3.8) is 0 Å². The predicted octanol–water partition coefficient (Wildman–Crippen LogP) is 1.01. The van der Waals surface area contributed by atoms with Gasteiger partial charge in [0, 0.05) is 18.1 Å². The molecule has 0 aromatic heterocycles. The lowest BCUT2D eigenvalue weighted by Crippen LogP contribution is -1.93. The van der Waals surface area contributed by atoms with Crippen LogP contribution < -0.4 is 0 Å². The fraction of sp³-hybridized carbons (Fsp3) is 0.250. The second-order valence-electron chi connectivity index (χ2n) is 1.93. The van der Waals surface area contributed by atoms with Crippen molar-refractivity contribution >= 4 is 0 Å². The van der Waals surface area contributed by atoms with Gasteiger partial charge in [0.05, 0.1) is 24.3 Å². The Balaban J connectivity index is 4.40. The minimum absolute atomic E-state index is 0.0249. The number of nitriles is 4. The number of allylic oxidation sites excluding steroid dienone is 2. The van der Waals surface area contributed by atoms with Crippen LogP contribution in [0.15, 0.2) is 11.6 Å². The van der Waals surface area contributed by atoms with Crippen LogP contribution in [-0.2, 0) is 0 Å². The van der Waals surface area contributed by atoms with E-state index in [1.54, 1.807) is 24.3 Å². The third-order valence-electron chi connectivity index (χ3n) is 1.12. The van der Waals surface area contributed by atoms with E-state index in [1.807, 2.05) is 0 Å². The van der Waals surface area contributed by atoms with E-state index in [1.165, 1.54) is 0 Å². The van der Waals surface area contributed by atoms with E-state index >= 15 is 0 Å². The minimum Gasteiger partial charge on any atom is -0.197 e. The maximum atomic E-state index is 8.41. The molecule has 0 aromatic rings. The highest BCUT2D eigenvalue weighted by Crippen LogP contribution is 2.08. The van der Waals surface area contributed by atoms with Gasteiger partial charge < -0.3 is 0 Å². The molecule has 0 bridgehead atoms. The van der Waals surface area contributed by atoms with Crippen LogP contribution in [0.2, 0.25) is 0 Å². The summed E-state index contributed by atoms with van der Waals surface area (Å²) in [4.78, 5) is 0. The standard InChI is InChI=1S/C8H4N4/c9-2-1-7(4-10)3-8(5-11)6-12/h1,8H,3H2. The Morgan fingerprint density at radius 2 is 1.75 bits per heavy atom. The molecule has 56 valence electrons. The highest BCUT2D eigenvalue weighted by molar-refractivity contribution is 5.29. The summed E-state index contributed by atoms with van der Waals surface area (Å²) >= 11 is 0. The van der Waals surface area contributed by atoms with E-state index in [0.29, 0.717) is 0 Å².